The predicted molar refractivity (Wildman–Crippen MR) is 139 cm³/mol. The lowest BCUT2D eigenvalue weighted by Crippen LogP contribution is -2.46. The summed E-state index contributed by atoms with van der Waals surface area (Å²) in [5.74, 6) is -5.36. The lowest BCUT2D eigenvalue weighted by Gasteiger charge is -2.30. The van der Waals surface area contributed by atoms with Crippen LogP contribution in [0.4, 0.5) is 20.2 Å². The molecule has 1 aliphatic rings. The number of rotatable bonds is 8. The van der Waals surface area contributed by atoms with Crippen LogP contribution in [0, 0.1) is 5.41 Å². The molecule has 0 saturated carbocycles. The highest BCUT2D eigenvalue weighted by molar-refractivity contribution is 6.00. The second-order valence-corrected chi connectivity index (χ2v) is 9.05. The Morgan fingerprint density at radius 2 is 1.89 bits per heavy atom. The van der Waals surface area contributed by atoms with Crippen LogP contribution in [0.2, 0.25) is 0 Å². The van der Waals surface area contributed by atoms with Crippen molar-refractivity contribution in [3.63, 3.8) is 0 Å². The summed E-state index contributed by atoms with van der Waals surface area (Å²) in [6, 6.07) is 15.7. The Balaban J connectivity index is 0.00000400. The molecule has 2 heterocycles. The highest BCUT2D eigenvalue weighted by Gasteiger charge is 2.45. The summed E-state index contributed by atoms with van der Waals surface area (Å²) in [4.78, 5) is 38.6. The minimum atomic E-state index is -3.58. The predicted octanol–water partition coefficient (Wildman–Crippen LogP) is 3.86. The zero-order chi connectivity index (χ0) is 26.7. The van der Waals surface area contributed by atoms with Crippen LogP contribution in [-0.4, -0.2) is 34.6 Å². The monoisotopic (exact) mass is 509 g/mol. The molecular weight excluding hydrogens is 480 g/mol. The molecule has 1 saturated heterocycles. The van der Waals surface area contributed by atoms with Gasteiger partial charge in [-0.2, -0.15) is 8.78 Å². The summed E-state index contributed by atoms with van der Waals surface area (Å²) in [6.07, 6.45) is 2.67. The maximum atomic E-state index is 13.6. The van der Waals surface area contributed by atoms with E-state index >= 15 is 0 Å². The van der Waals surface area contributed by atoms with Crippen molar-refractivity contribution in [2.24, 2.45) is 7.05 Å². The van der Waals surface area contributed by atoms with Crippen LogP contribution >= 0.6 is 0 Å². The van der Waals surface area contributed by atoms with Gasteiger partial charge < -0.3 is 25.5 Å². The van der Waals surface area contributed by atoms with Crippen LogP contribution in [0.3, 0.4) is 0 Å². The molecule has 3 N–H and O–H groups in total. The zero-order valence-electron chi connectivity index (χ0n) is 20.4. The number of nitrogens with one attached hydrogen (secondary N) is 3. The average molecular weight is 510 g/mol. The van der Waals surface area contributed by atoms with Gasteiger partial charge in [0, 0.05) is 63.8 Å². The van der Waals surface area contributed by atoms with Crippen molar-refractivity contribution in [2.45, 2.75) is 37.9 Å². The van der Waals surface area contributed by atoms with Crippen molar-refractivity contribution in [3.8, 4) is 0 Å². The summed E-state index contributed by atoms with van der Waals surface area (Å²) >= 11 is 0. The number of aryl methyl sites for hydroxylation is 1. The van der Waals surface area contributed by atoms with Crippen molar-refractivity contribution in [2.75, 3.05) is 10.2 Å². The molecule has 3 aromatic rings. The maximum Gasteiger partial charge on any atom is 0.321 e. The van der Waals surface area contributed by atoms with Gasteiger partial charge in [0.2, 0.25) is 5.91 Å². The molecule has 2 amide bonds. The Kier molecular flexibility index (Phi) is 7.19. The summed E-state index contributed by atoms with van der Waals surface area (Å²) in [7, 11) is 1.66. The quantitative estimate of drug-likeness (QED) is 0.401. The number of pyridine rings is 1. The molecule has 2 aromatic carbocycles. The number of aromatic nitrogens is 1. The molecule has 37 heavy (non-hydrogen) atoms. The van der Waals surface area contributed by atoms with Crippen LogP contribution in [0.25, 0.3) is 0 Å². The number of hydrogen-bond donors (Lipinski definition) is 3. The molecule has 0 unspecified atom stereocenters. The fraction of sp³-hybridized carbons (Fsp3) is 0.259. The van der Waals surface area contributed by atoms with Gasteiger partial charge in [0.25, 0.3) is 11.5 Å². The van der Waals surface area contributed by atoms with Gasteiger partial charge in [-0.05, 0) is 35.4 Å². The molecule has 0 spiro atoms. The number of carbonyl (C=O) groups excluding carboxylic acids is 2. The van der Waals surface area contributed by atoms with Gasteiger partial charge in [0.1, 0.15) is 0 Å². The Morgan fingerprint density at radius 1 is 1.16 bits per heavy atom. The molecule has 1 aliphatic heterocycles. The van der Waals surface area contributed by atoms with E-state index in [1.54, 1.807) is 61.8 Å². The maximum absolute atomic E-state index is 13.6. The van der Waals surface area contributed by atoms with Gasteiger partial charge in [-0.25, -0.2) is 0 Å². The van der Waals surface area contributed by atoms with E-state index in [1.165, 1.54) is 15.5 Å². The van der Waals surface area contributed by atoms with Crippen molar-refractivity contribution in [1.82, 2.24) is 9.88 Å². The van der Waals surface area contributed by atoms with E-state index < -0.39 is 23.9 Å². The van der Waals surface area contributed by atoms with Gasteiger partial charge in [-0.15, -0.1) is 0 Å². The van der Waals surface area contributed by atoms with Crippen LogP contribution in [-0.2, 0) is 23.2 Å². The third-order valence-corrected chi connectivity index (χ3v) is 6.30. The van der Waals surface area contributed by atoms with Crippen molar-refractivity contribution in [1.29, 1.82) is 5.41 Å². The molecule has 0 aliphatic carbocycles. The van der Waals surface area contributed by atoms with E-state index in [9.17, 15) is 23.2 Å². The van der Waals surface area contributed by atoms with Crippen LogP contribution in [0.5, 0.6) is 0 Å². The van der Waals surface area contributed by atoms with Gasteiger partial charge >= 0.3 is 5.92 Å². The fourth-order valence-electron chi connectivity index (χ4n) is 4.37. The first-order valence-corrected chi connectivity index (χ1v) is 11.7. The smallest absolute Gasteiger partial charge is 0.321 e. The number of halogens is 2. The van der Waals surface area contributed by atoms with E-state index in [0.717, 1.165) is 11.8 Å². The van der Waals surface area contributed by atoms with E-state index in [-0.39, 0.29) is 19.3 Å². The minimum absolute atomic E-state index is 0. The number of carbonyl (C=O) groups is 2. The lowest BCUT2D eigenvalue weighted by molar-refractivity contribution is -0.143. The molecular formula is C27H29F2N5O3. The molecule has 2 atom stereocenters. The Bertz CT molecular complexity index is 1390. The van der Waals surface area contributed by atoms with E-state index in [0.29, 0.717) is 36.0 Å². The van der Waals surface area contributed by atoms with E-state index in [2.05, 4.69) is 10.6 Å². The van der Waals surface area contributed by atoms with E-state index in [4.69, 9.17) is 5.41 Å². The molecule has 0 bridgehead atoms. The molecule has 1 fully saturated rings. The number of nitrogens with zero attached hydrogens (tertiary/aromatic N) is 2. The average Bonchev–Trinajstić information content (AvgIpc) is 3.19. The molecule has 0 radical (unpaired) electrons. The first-order chi connectivity index (χ1) is 17.6. The van der Waals surface area contributed by atoms with Crippen LogP contribution in [0.1, 0.15) is 37.5 Å². The number of anilines is 2. The van der Waals surface area contributed by atoms with Crippen LogP contribution < -0.4 is 21.1 Å². The van der Waals surface area contributed by atoms with Gasteiger partial charge in [0.15, 0.2) is 0 Å². The van der Waals surface area contributed by atoms with Crippen molar-refractivity contribution in [3.05, 3.63) is 93.9 Å². The number of hydrogen-bond acceptors (Lipinski definition) is 5. The number of alkyl halides is 2. The van der Waals surface area contributed by atoms with Crippen molar-refractivity contribution >= 4 is 29.4 Å². The summed E-state index contributed by atoms with van der Waals surface area (Å²) in [5, 5.41) is 13.5. The Labute approximate surface area is 213 Å². The standard InChI is InChI=1S/C27H27F2N5O3.H2/c1-27(28,29)26(37)32-22-14-24(36)34(25(22)18-6-4-3-5-7-18)20-8-9-21(19(13-20)15-30)31-16-17-10-11-33(2)23(35)12-17;/h3-13,15,22,25,30-31H,14,16H2,1-2H3,(H,32,37);1H/t22-,25+;/m0./s1. The molecule has 4 rings (SSSR count). The van der Waals surface area contributed by atoms with Gasteiger partial charge in [-0.3, -0.25) is 14.4 Å². The number of benzene rings is 2. The summed E-state index contributed by atoms with van der Waals surface area (Å²) in [6.45, 7) is 0.870. The van der Waals surface area contributed by atoms with Gasteiger partial charge in [-0.1, -0.05) is 30.3 Å². The summed E-state index contributed by atoms with van der Waals surface area (Å²) < 4.78 is 28.7. The normalized spacial score (nSPS) is 17.5. The third kappa shape index (κ3) is 5.58. The fourth-order valence-corrected chi connectivity index (χ4v) is 4.37. The second kappa shape index (κ2) is 10.3. The topological polar surface area (TPSA) is 107 Å². The third-order valence-electron chi connectivity index (χ3n) is 6.30. The SMILES string of the molecule is Cn1ccc(CNc2ccc(N3C(=O)C[C@H](NC(=O)C(C)(F)F)[C@H]3c3ccccc3)cc2C=N)cc1=O.[HH]. The zero-order valence-corrected chi connectivity index (χ0v) is 20.4. The first kappa shape index (κ1) is 25.7. The molecule has 1 aromatic heterocycles. The molecule has 194 valence electrons. The van der Waals surface area contributed by atoms with Crippen LogP contribution in [0.15, 0.2) is 71.7 Å². The Morgan fingerprint density at radius 3 is 2.54 bits per heavy atom. The summed E-state index contributed by atoms with van der Waals surface area (Å²) in [5.41, 5.74) is 2.90. The highest BCUT2D eigenvalue weighted by Crippen LogP contribution is 2.38. The largest absolute Gasteiger partial charge is 0.380 e. The molecule has 8 nitrogen and oxygen atoms in total. The first-order valence-electron chi connectivity index (χ1n) is 11.7. The highest BCUT2D eigenvalue weighted by atomic mass is 19.3. The van der Waals surface area contributed by atoms with Crippen molar-refractivity contribution < 1.29 is 19.8 Å². The lowest BCUT2D eigenvalue weighted by atomic mass is 9.99. The molecule has 10 heteroatoms. The van der Waals surface area contributed by atoms with Gasteiger partial charge in [0.05, 0.1) is 12.1 Å². The number of amides is 2. The minimum Gasteiger partial charge on any atom is -0.380 e. The second-order valence-electron chi connectivity index (χ2n) is 9.05. The van der Waals surface area contributed by atoms with E-state index in [1.807, 2.05) is 6.07 Å². The Hall–Kier alpha value is -4.34.